The van der Waals surface area contributed by atoms with E-state index in [1.54, 1.807) is 0 Å². The molecule has 0 spiro atoms. The van der Waals surface area contributed by atoms with Gasteiger partial charge >= 0.3 is 0 Å². The van der Waals surface area contributed by atoms with E-state index >= 15 is 0 Å². The third kappa shape index (κ3) is 6.17. The maximum absolute atomic E-state index is 12.1. The third-order valence-corrected chi connectivity index (χ3v) is 3.83. The lowest BCUT2D eigenvalue weighted by Gasteiger charge is -2.24. The van der Waals surface area contributed by atoms with Gasteiger partial charge in [0.1, 0.15) is 0 Å². The summed E-state index contributed by atoms with van der Waals surface area (Å²) in [5, 5.41) is 3.09. The minimum Gasteiger partial charge on any atom is -0.399 e. The van der Waals surface area contributed by atoms with Gasteiger partial charge in [0.2, 0.25) is 5.91 Å². The molecule has 0 bridgehead atoms. The van der Waals surface area contributed by atoms with Crippen LogP contribution in [0.2, 0.25) is 0 Å². The summed E-state index contributed by atoms with van der Waals surface area (Å²) >= 11 is 0. The van der Waals surface area contributed by atoms with Crippen LogP contribution in [0.4, 0.5) is 5.69 Å². The summed E-state index contributed by atoms with van der Waals surface area (Å²) in [5.74, 6) is 0.310. The largest absolute Gasteiger partial charge is 0.399 e. The van der Waals surface area contributed by atoms with Crippen LogP contribution in [0.1, 0.15) is 45.6 Å². The maximum atomic E-state index is 12.1. The molecule has 2 unspecified atom stereocenters. The Balaban J connectivity index is 2.43. The number of anilines is 1. The van der Waals surface area contributed by atoms with Gasteiger partial charge in [-0.05, 0) is 43.6 Å². The van der Waals surface area contributed by atoms with Gasteiger partial charge < -0.3 is 16.0 Å². The number of nitrogens with zero attached hydrogens (tertiary/aromatic N) is 1. The van der Waals surface area contributed by atoms with Gasteiger partial charge in [0.05, 0.1) is 0 Å². The zero-order valence-electron chi connectivity index (χ0n) is 13.7. The number of nitrogens with one attached hydrogen (secondary N) is 1. The predicted octanol–water partition coefficient (Wildman–Crippen LogP) is 2.61. The van der Waals surface area contributed by atoms with Gasteiger partial charge in [0, 0.05) is 24.7 Å². The normalized spacial score (nSPS) is 14.0. The lowest BCUT2D eigenvalue weighted by Crippen LogP contribution is -2.42. The van der Waals surface area contributed by atoms with E-state index in [0.717, 1.165) is 30.9 Å². The Labute approximate surface area is 128 Å². The van der Waals surface area contributed by atoms with Crippen molar-refractivity contribution in [3.05, 3.63) is 29.8 Å². The summed E-state index contributed by atoms with van der Waals surface area (Å²) in [4.78, 5) is 14.4. The van der Waals surface area contributed by atoms with Crippen molar-refractivity contribution in [1.29, 1.82) is 0 Å². The van der Waals surface area contributed by atoms with Crippen LogP contribution >= 0.6 is 0 Å². The first-order valence-corrected chi connectivity index (χ1v) is 7.83. The van der Waals surface area contributed by atoms with Crippen molar-refractivity contribution in [3.63, 3.8) is 0 Å². The number of carbonyl (C=O) groups is 1. The molecule has 0 aromatic heterocycles. The highest BCUT2D eigenvalue weighted by Gasteiger charge is 2.14. The predicted molar refractivity (Wildman–Crippen MR) is 89.3 cm³/mol. The zero-order valence-corrected chi connectivity index (χ0v) is 13.7. The van der Waals surface area contributed by atoms with Crippen molar-refractivity contribution in [2.45, 2.75) is 46.1 Å². The fourth-order valence-corrected chi connectivity index (χ4v) is 2.47. The number of hydrogen-bond donors (Lipinski definition) is 2. The highest BCUT2D eigenvalue weighted by Crippen LogP contribution is 2.19. The van der Waals surface area contributed by atoms with Gasteiger partial charge in [-0.2, -0.15) is 0 Å². The van der Waals surface area contributed by atoms with Crippen molar-refractivity contribution in [2.24, 2.45) is 0 Å². The van der Waals surface area contributed by atoms with E-state index in [1.807, 2.05) is 24.3 Å². The molecule has 0 heterocycles. The van der Waals surface area contributed by atoms with Crippen LogP contribution in [0.15, 0.2) is 24.3 Å². The summed E-state index contributed by atoms with van der Waals surface area (Å²) in [6, 6.07) is 7.93. The second-order valence-corrected chi connectivity index (χ2v) is 5.73. The first-order chi connectivity index (χ1) is 9.96. The lowest BCUT2D eigenvalue weighted by molar-refractivity contribution is -0.122. The van der Waals surface area contributed by atoms with Gasteiger partial charge in [0.15, 0.2) is 0 Å². The second-order valence-electron chi connectivity index (χ2n) is 5.73. The Morgan fingerprint density at radius 1 is 1.19 bits per heavy atom. The molecule has 1 rings (SSSR count). The molecule has 21 heavy (non-hydrogen) atoms. The summed E-state index contributed by atoms with van der Waals surface area (Å²) < 4.78 is 0. The van der Waals surface area contributed by atoms with Crippen LogP contribution in [-0.4, -0.2) is 36.5 Å². The fourth-order valence-electron chi connectivity index (χ4n) is 2.47. The van der Waals surface area contributed by atoms with Gasteiger partial charge in [-0.1, -0.05) is 32.9 Å². The minimum atomic E-state index is 0.110. The Morgan fingerprint density at radius 3 is 2.29 bits per heavy atom. The van der Waals surface area contributed by atoms with Gasteiger partial charge in [-0.15, -0.1) is 0 Å². The minimum absolute atomic E-state index is 0.110. The molecule has 1 amide bonds. The van der Waals surface area contributed by atoms with E-state index in [4.69, 9.17) is 5.73 Å². The van der Waals surface area contributed by atoms with Crippen molar-refractivity contribution in [2.75, 3.05) is 25.4 Å². The van der Waals surface area contributed by atoms with Crippen LogP contribution in [0, 0.1) is 0 Å². The van der Waals surface area contributed by atoms with Crippen LogP contribution < -0.4 is 11.1 Å². The first-order valence-electron chi connectivity index (χ1n) is 7.83. The lowest BCUT2D eigenvalue weighted by atomic mass is 9.97. The highest BCUT2D eigenvalue weighted by atomic mass is 16.1. The number of benzene rings is 1. The molecule has 0 fully saturated rings. The Bertz CT molecular complexity index is 426. The van der Waals surface area contributed by atoms with E-state index in [0.29, 0.717) is 6.42 Å². The van der Waals surface area contributed by atoms with Gasteiger partial charge in [0.25, 0.3) is 0 Å². The van der Waals surface area contributed by atoms with Crippen LogP contribution in [-0.2, 0) is 4.79 Å². The summed E-state index contributed by atoms with van der Waals surface area (Å²) in [5.41, 5.74) is 7.58. The third-order valence-electron chi connectivity index (χ3n) is 3.83. The topological polar surface area (TPSA) is 58.4 Å². The number of likely N-dealkylation sites (N-methyl/N-ethyl adjacent to an activating group) is 1. The summed E-state index contributed by atoms with van der Waals surface area (Å²) in [6.07, 6.45) is 0.506. The SMILES string of the molecule is CCN(CC)CC(C)NC(=O)CC(C)c1ccc(N)cc1. The van der Waals surface area contributed by atoms with Crippen molar-refractivity contribution >= 4 is 11.6 Å². The van der Waals surface area contributed by atoms with E-state index in [1.165, 1.54) is 0 Å². The van der Waals surface area contributed by atoms with Crippen LogP contribution in [0.3, 0.4) is 0 Å². The standard InChI is InChI=1S/C17H29N3O/c1-5-20(6-2)12-14(4)19-17(21)11-13(3)15-7-9-16(18)10-8-15/h7-10,13-14H,5-6,11-12,18H2,1-4H3,(H,19,21). The smallest absolute Gasteiger partial charge is 0.220 e. The molecule has 1 aromatic carbocycles. The Kier molecular flexibility index (Phi) is 7.23. The molecule has 118 valence electrons. The molecule has 0 radical (unpaired) electrons. The van der Waals surface area contributed by atoms with Crippen molar-refractivity contribution in [1.82, 2.24) is 10.2 Å². The molecule has 0 aliphatic heterocycles. The van der Waals surface area contributed by atoms with Crippen LogP contribution in [0.25, 0.3) is 0 Å². The highest BCUT2D eigenvalue weighted by molar-refractivity contribution is 5.77. The monoisotopic (exact) mass is 291 g/mol. The molecule has 4 nitrogen and oxygen atoms in total. The molecule has 0 saturated heterocycles. The molecule has 0 aliphatic rings. The maximum Gasteiger partial charge on any atom is 0.220 e. The second kappa shape index (κ2) is 8.67. The average Bonchev–Trinajstić information content (AvgIpc) is 2.45. The van der Waals surface area contributed by atoms with Gasteiger partial charge in [-0.25, -0.2) is 0 Å². The number of carbonyl (C=O) groups excluding carboxylic acids is 1. The molecule has 0 saturated carbocycles. The number of amides is 1. The molecular weight excluding hydrogens is 262 g/mol. The molecule has 1 aromatic rings. The van der Waals surface area contributed by atoms with Crippen molar-refractivity contribution < 1.29 is 4.79 Å². The summed E-state index contributed by atoms with van der Waals surface area (Å²) in [7, 11) is 0. The van der Waals surface area contributed by atoms with Crippen molar-refractivity contribution in [3.8, 4) is 0 Å². The Hall–Kier alpha value is -1.55. The zero-order chi connectivity index (χ0) is 15.8. The Morgan fingerprint density at radius 2 is 1.76 bits per heavy atom. The van der Waals surface area contributed by atoms with E-state index in [2.05, 4.69) is 37.9 Å². The molecule has 3 N–H and O–H groups in total. The van der Waals surface area contributed by atoms with Gasteiger partial charge in [-0.3, -0.25) is 4.79 Å². The first kappa shape index (κ1) is 17.5. The van der Waals surface area contributed by atoms with E-state index in [9.17, 15) is 4.79 Å². The molecule has 4 heteroatoms. The van der Waals surface area contributed by atoms with Crippen LogP contribution in [0.5, 0.6) is 0 Å². The van der Waals surface area contributed by atoms with E-state index in [-0.39, 0.29) is 17.9 Å². The summed E-state index contributed by atoms with van der Waals surface area (Å²) in [6.45, 7) is 11.3. The quantitative estimate of drug-likeness (QED) is 0.724. The molecule has 0 aliphatic carbocycles. The average molecular weight is 291 g/mol. The number of rotatable bonds is 8. The molecule has 2 atom stereocenters. The molecular formula is C17H29N3O. The number of hydrogen-bond acceptors (Lipinski definition) is 3. The van der Waals surface area contributed by atoms with E-state index < -0.39 is 0 Å². The number of nitrogens with two attached hydrogens (primary N) is 1. The fraction of sp³-hybridized carbons (Fsp3) is 0.588. The number of nitrogen functional groups attached to an aromatic ring is 1.